The second kappa shape index (κ2) is 12.6. The number of imidazole rings is 1. The Kier molecular flexibility index (Phi) is 8.79. The average Bonchev–Trinajstić information content (AvgIpc) is 3.31. The van der Waals surface area contributed by atoms with Crippen LogP contribution < -0.4 is 10.0 Å². The highest BCUT2D eigenvalue weighted by atomic mass is 35.5. The summed E-state index contributed by atoms with van der Waals surface area (Å²) in [5.74, 6) is 7.56. The molecule has 3 aromatic heterocycles. The van der Waals surface area contributed by atoms with Gasteiger partial charge in [0.1, 0.15) is 17.9 Å². The van der Waals surface area contributed by atoms with Crippen LogP contribution in [0, 0.1) is 17.8 Å². The van der Waals surface area contributed by atoms with Crippen LogP contribution in [0.5, 0.6) is 5.88 Å². The number of nitrogens with zero attached hydrogens (tertiary/aromatic N) is 4. The van der Waals surface area contributed by atoms with E-state index in [-0.39, 0.29) is 5.69 Å². The normalized spacial score (nSPS) is 14.8. The Hall–Kier alpha value is -3.72. The summed E-state index contributed by atoms with van der Waals surface area (Å²) in [7, 11) is 4.05. The predicted octanol–water partition coefficient (Wildman–Crippen LogP) is 5.80. The van der Waals surface area contributed by atoms with Gasteiger partial charge in [-0.25, -0.2) is 19.7 Å². The summed E-state index contributed by atoms with van der Waals surface area (Å²) < 4.78 is 12.9. The summed E-state index contributed by atoms with van der Waals surface area (Å²) in [4.78, 5) is 26.2. The molecule has 0 aliphatic heterocycles. The average molecular weight is 573 g/mol. The second-order valence-corrected chi connectivity index (χ2v) is 10.7. The molecule has 0 fully saturated rings. The van der Waals surface area contributed by atoms with Gasteiger partial charge in [-0.3, -0.25) is 0 Å². The standard InChI is InChI=1S/C31H30ClN4O3P/c1-3-4-16-36-28(33-25-14-15-26(31(37)38-2)35-30(25)36)17-20-8-10-21(11-9-20)24-6-5-7-29(34-24)39-19-22-12-13-23(32)18-27(22)40/h5-7,10,12-15,18,20H,8-9,11,16-17,19,40H2,1-2H3. The molecular formula is C31H30ClN4O3P. The Labute approximate surface area is 241 Å². The Morgan fingerprint density at radius 2 is 2.05 bits per heavy atom. The molecule has 4 aromatic rings. The summed E-state index contributed by atoms with van der Waals surface area (Å²) in [6.07, 6.45) is 5.95. The molecule has 0 radical (unpaired) electrons. The molecule has 1 aliphatic rings. The third-order valence-electron chi connectivity index (χ3n) is 7.01. The first-order chi connectivity index (χ1) is 19.4. The number of ether oxygens (including phenoxy) is 2. The lowest BCUT2D eigenvalue weighted by Crippen LogP contribution is -2.14. The number of aromatic nitrogens is 4. The van der Waals surface area contributed by atoms with E-state index in [0.717, 1.165) is 53.6 Å². The van der Waals surface area contributed by atoms with Gasteiger partial charge in [-0.05, 0) is 78.9 Å². The first-order valence-corrected chi connectivity index (χ1v) is 14.1. The fourth-order valence-electron chi connectivity index (χ4n) is 4.83. The van der Waals surface area contributed by atoms with Crippen LogP contribution in [0.25, 0.3) is 16.7 Å². The van der Waals surface area contributed by atoms with Crippen molar-refractivity contribution in [2.45, 2.75) is 45.8 Å². The van der Waals surface area contributed by atoms with Crippen LogP contribution in [0.3, 0.4) is 0 Å². The Balaban J connectivity index is 1.28. The number of methoxy groups -OCH3 is 1. The summed E-state index contributed by atoms with van der Waals surface area (Å²) in [5, 5.41) is 1.72. The molecule has 5 rings (SSSR count). The fourth-order valence-corrected chi connectivity index (χ4v) is 5.48. The van der Waals surface area contributed by atoms with E-state index in [1.54, 1.807) is 6.07 Å². The van der Waals surface area contributed by atoms with Crippen LogP contribution in [-0.4, -0.2) is 32.6 Å². The molecule has 40 heavy (non-hydrogen) atoms. The Morgan fingerprint density at radius 1 is 1.18 bits per heavy atom. The molecule has 0 N–H and O–H groups in total. The van der Waals surface area contributed by atoms with Crippen LogP contribution in [0.4, 0.5) is 0 Å². The van der Waals surface area contributed by atoms with Gasteiger partial charge in [-0.15, -0.1) is 15.2 Å². The number of halogens is 1. The van der Waals surface area contributed by atoms with Gasteiger partial charge in [0.25, 0.3) is 0 Å². The molecule has 0 spiro atoms. The first kappa shape index (κ1) is 27.8. The van der Waals surface area contributed by atoms with Gasteiger partial charge < -0.3 is 14.0 Å². The number of hydrogen-bond acceptors (Lipinski definition) is 6. The Bertz CT molecular complexity index is 1650. The van der Waals surface area contributed by atoms with Crippen molar-refractivity contribution in [2.75, 3.05) is 7.11 Å². The molecule has 1 aliphatic carbocycles. The van der Waals surface area contributed by atoms with Gasteiger partial charge in [0, 0.05) is 17.5 Å². The second-order valence-electron chi connectivity index (χ2n) is 9.64. The van der Waals surface area contributed by atoms with Gasteiger partial charge in [-0.1, -0.05) is 35.7 Å². The van der Waals surface area contributed by atoms with Crippen molar-refractivity contribution in [2.24, 2.45) is 5.92 Å². The fraction of sp³-hybridized carbons (Fsp3) is 0.290. The third kappa shape index (κ3) is 6.36. The molecule has 1 aromatic carbocycles. The summed E-state index contributed by atoms with van der Waals surface area (Å²) >= 11 is 6.06. The number of benzene rings is 1. The van der Waals surface area contributed by atoms with Crippen molar-refractivity contribution in [1.29, 1.82) is 0 Å². The quantitative estimate of drug-likeness (QED) is 0.151. The smallest absolute Gasteiger partial charge is 0.356 e. The zero-order valence-corrected chi connectivity index (χ0v) is 24.4. The van der Waals surface area contributed by atoms with Crippen LogP contribution >= 0.6 is 20.8 Å². The highest BCUT2D eigenvalue weighted by molar-refractivity contribution is 7.27. The minimum Gasteiger partial charge on any atom is -0.473 e. The van der Waals surface area contributed by atoms with E-state index in [1.807, 2.05) is 54.0 Å². The maximum absolute atomic E-state index is 12.0. The molecule has 7 nitrogen and oxygen atoms in total. The van der Waals surface area contributed by atoms with Crippen LogP contribution in [0.2, 0.25) is 5.02 Å². The van der Waals surface area contributed by atoms with E-state index in [0.29, 0.717) is 35.6 Å². The van der Waals surface area contributed by atoms with Gasteiger partial charge >= 0.3 is 5.97 Å². The molecule has 9 heteroatoms. The Morgan fingerprint density at radius 3 is 2.80 bits per heavy atom. The molecule has 204 valence electrons. The van der Waals surface area contributed by atoms with Crippen molar-refractivity contribution in [3.63, 3.8) is 0 Å². The van der Waals surface area contributed by atoms with E-state index in [4.69, 9.17) is 31.0 Å². The van der Waals surface area contributed by atoms with Crippen molar-refractivity contribution in [3.8, 4) is 17.7 Å². The minimum atomic E-state index is -0.468. The van der Waals surface area contributed by atoms with Gasteiger partial charge in [-0.2, -0.15) is 0 Å². The van der Waals surface area contributed by atoms with Crippen LogP contribution in [0.15, 0.2) is 54.6 Å². The van der Waals surface area contributed by atoms with Gasteiger partial charge in [0.2, 0.25) is 5.88 Å². The number of hydrogen-bond donors (Lipinski definition) is 0. The number of allylic oxidation sites excluding steroid dienone is 2. The highest BCUT2D eigenvalue weighted by Crippen LogP contribution is 2.32. The number of pyridine rings is 2. The van der Waals surface area contributed by atoms with Crippen molar-refractivity contribution in [3.05, 3.63) is 82.4 Å². The van der Waals surface area contributed by atoms with Gasteiger partial charge in [0.15, 0.2) is 11.3 Å². The SMILES string of the molecule is CC#CCn1c(CC2CC=C(c3cccc(OCc4ccc(Cl)cc4P)n3)CC2)nc2ccc(C(=O)OC)nc21. The van der Waals surface area contributed by atoms with E-state index in [9.17, 15) is 4.79 Å². The number of carbonyl (C=O) groups excluding carboxylic acids is 1. The minimum absolute atomic E-state index is 0.262. The van der Waals surface area contributed by atoms with E-state index in [2.05, 4.69) is 32.1 Å². The first-order valence-electron chi connectivity index (χ1n) is 13.1. The zero-order chi connectivity index (χ0) is 28.1. The summed E-state index contributed by atoms with van der Waals surface area (Å²) in [6, 6.07) is 15.1. The number of rotatable bonds is 8. The van der Waals surface area contributed by atoms with Crippen molar-refractivity contribution in [1.82, 2.24) is 19.5 Å². The largest absolute Gasteiger partial charge is 0.473 e. The number of fused-ring (bicyclic) bond motifs is 1. The molecule has 0 saturated heterocycles. The van der Waals surface area contributed by atoms with E-state index in [1.165, 1.54) is 12.7 Å². The molecular weight excluding hydrogens is 543 g/mol. The molecule has 0 bridgehead atoms. The molecule has 3 heterocycles. The van der Waals surface area contributed by atoms with Crippen molar-refractivity contribution >= 4 is 48.9 Å². The molecule has 0 saturated carbocycles. The maximum atomic E-state index is 12.0. The molecule has 0 amide bonds. The summed E-state index contributed by atoms with van der Waals surface area (Å²) in [6.45, 7) is 2.71. The maximum Gasteiger partial charge on any atom is 0.356 e. The summed E-state index contributed by atoms with van der Waals surface area (Å²) in [5.41, 5.74) is 4.90. The van der Waals surface area contributed by atoms with Crippen LogP contribution in [-0.2, 0) is 24.3 Å². The predicted molar refractivity (Wildman–Crippen MR) is 161 cm³/mol. The van der Waals surface area contributed by atoms with Crippen molar-refractivity contribution < 1.29 is 14.3 Å². The topological polar surface area (TPSA) is 79.1 Å². The lowest BCUT2D eigenvalue weighted by Gasteiger charge is -2.22. The molecule has 2 unspecified atom stereocenters. The number of esters is 1. The van der Waals surface area contributed by atoms with Gasteiger partial charge in [0.05, 0.1) is 19.3 Å². The third-order valence-corrected chi connectivity index (χ3v) is 7.78. The van der Waals surface area contributed by atoms with E-state index >= 15 is 0 Å². The highest BCUT2D eigenvalue weighted by Gasteiger charge is 2.21. The van der Waals surface area contributed by atoms with E-state index < -0.39 is 5.97 Å². The number of carbonyl (C=O) groups is 1. The van der Waals surface area contributed by atoms with Crippen LogP contribution in [0.1, 0.15) is 53.8 Å². The monoisotopic (exact) mass is 572 g/mol. The zero-order valence-electron chi connectivity index (χ0n) is 22.5. The lowest BCUT2D eigenvalue weighted by molar-refractivity contribution is 0.0594. The molecule has 2 atom stereocenters. The lowest BCUT2D eigenvalue weighted by atomic mass is 9.86.